The molecule has 72 valence electrons. The van der Waals surface area contributed by atoms with Crippen molar-refractivity contribution in [1.29, 1.82) is 0 Å². The molecule has 0 radical (unpaired) electrons. The summed E-state index contributed by atoms with van der Waals surface area (Å²) in [6.45, 7) is 0. The van der Waals surface area contributed by atoms with E-state index in [4.69, 9.17) is 4.74 Å². The molecule has 0 fully saturated rings. The Hall–Kier alpha value is -1.29. The van der Waals surface area contributed by atoms with Crippen LogP contribution in [0.5, 0.6) is 0 Å². The van der Waals surface area contributed by atoms with Crippen molar-refractivity contribution in [2.24, 2.45) is 4.99 Å². The van der Waals surface area contributed by atoms with Gasteiger partial charge in [0.15, 0.2) is 0 Å². The maximum absolute atomic E-state index is 11.4. The van der Waals surface area contributed by atoms with Gasteiger partial charge in [-0.05, 0) is 6.07 Å². The van der Waals surface area contributed by atoms with E-state index in [0.29, 0.717) is 11.4 Å². The van der Waals surface area contributed by atoms with Crippen molar-refractivity contribution in [2.45, 2.75) is 4.90 Å². The summed E-state index contributed by atoms with van der Waals surface area (Å²) in [5.74, 6) is 0.380. The van der Waals surface area contributed by atoms with E-state index in [0.717, 1.165) is 10.5 Å². The van der Waals surface area contributed by atoms with E-state index in [1.807, 2.05) is 12.1 Å². The monoisotopic (exact) mass is 207 g/mol. The van der Waals surface area contributed by atoms with E-state index in [1.54, 1.807) is 24.0 Å². The summed E-state index contributed by atoms with van der Waals surface area (Å²) >= 11 is 1.56. The molecule has 0 saturated carbocycles. The number of nitrogens with zero attached hydrogens (tertiary/aromatic N) is 1. The molecule has 14 heavy (non-hydrogen) atoms. The SMILES string of the molecule is COC(=O)c1cccc2c1SCN=C2. The quantitative estimate of drug-likeness (QED) is 0.661. The third-order valence-electron chi connectivity index (χ3n) is 1.96. The smallest absolute Gasteiger partial charge is 0.339 e. The summed E-state index contributed by atoms with van der Waals surface area (Å²) in [7, 11) is 1.39. The van der Waals surface area contributed by atoms with Gasteiger partial charge in [0.2, 0.25) is 0 Å². The van der Waals surface area contributed by atoms with Gasteiger partial charge in [0, 0.05) is 16.7 Å². The summed E-state index contributed by atoms with van der Waals surface area (Å²) in [6.07, 6.45) is 1.79. The van der Waals surface area contributed by atoms with Gasteiger partial charge in [-0.25, -0.2) is 4.79 Å². The lowest BCUT2D eigenvalue weighted by Gasteiger charge is -2.12. The van der Waals surface area contributed by atoms with E-state index in [2.05, 4.69) is 4.99 Å². The van der Waals surface area contributed by atoms with E-state index in [-0.39, 0.29) is 5.97 Å². The Labute approximate surface area is 86.2 Å². The number of ether oxygens (including phenoxy) is 1. The van der Waals surface area contributed by atoms with Crippen LogP contribution in [0.15, 0.2) is 28.1 Å². The lowest BCUT2D eigenvalue weighted by atomic mass is 10.1. The summed E-state index contributed by atoms with van der Waals surface area (Å²) in [5, 5.41) is 0. The molecule has 1 aromatic carbocycles. The van der Waals surface area contributed by atoms with Crippen molar-refractivity contribution in [3.8, 4) is 0 Å². The fourth-order valence-electron chi connectivity index (χ4n) is 1.33. The number of carbonyl (C=O) groups is 1. The molecule has 0 N–H and O–H groups in total. The number of esters is 1. The van der Waals surface area contributed by atoms with Gasteiger partial charge in [-0.2, -0.15) is 0 Å². The van der Waals surface area contributed by atoms with Crippen molar-refractivity contribution in [2.75, 3.05) is 13.0 Å². The number of hydrogen-bond donors (Lipinski definition) is 0. The first-order chi connectivity index (χ1) is 6.83. The first-order valence-corrected chi connectivity index (χ1v) is 5.15. The molecule has 1 heterocycles. The van der Waals surface area contributed by atoms with Crippen molar-refractivity contribution in [3.63, 3.8) is 0 Å². The molecular weight excluding hydrogens is 198 g/mol. The first-order valence-electron chi connectivity index (χ1n) is 4.17. The molecule has 1 aliphatic heterocycles. The van der Waals surface area contributed by atoms with Crippen LogP contribution < -0.4 is 0 Å². The Morgan fingerprint density at radius 1 is 1.57 bits per heavy atom. The maximum atomic E-state index is 11.4. The fourth-order valence-corrected chi connectivity index (χ4v) is 2.20. The molecule has 0 bridgehead atoms. The second-order valence-corrected chi connectivity index (χ2v) is 3.76. The van der Waals surface area contributed by atoms with Crippen LogP contribution in [0.3, 0.4) is 0 Å². The summed E-state index contributed by atoms with van der Waals surface area (Å²) < 4.78 is 4.71. The van der Waals surface area contributed by atoms with E-state index in [1.165, 1.54) is 7.11 Å². The van der Waals surface area contributed by atoms with Gasteiger partial charge in [-0.1, -0.05) is 12.1 Å². The zero-order valence-corrected chi connectivity index (χ0v) is 8.50. The Kier molecular flexibility index (Phi) is 2.54. The van der Waals surface area contributed by atoms with Gasteiger partial charge < -0.3 is 4.74 Å². The van der Waals surface area contributed by atoms with Crippen LogP contribution in [0.1, 0.15) is 15.9 Å². The lowest BCUT2D eigenvalue weighted by Crippen LogP contribution is -2.06. The molecule has 2 rings (SSSR count). The van der Waals surface area contributed by atoms with Gasteiger partial charge in [0.05, 0.1) is 18.6 Å². The highest BCUT2D eigenvalue weighted by molar-refractivity contribution is 7.99. The molecule has 0 aromatic heterocycles. The minimum atomic E-state index is -0.287. The molecule has 3 nitrogen and oxygen atoms in total. The third kappa shape index (κ3) is 1.53. The van der Waals surface area contributed by atoms with Gasteiger partial charge in [-0.3, -0.25) is 4.99 Å². The highest BCUT2D eigenvalue weighted by atomic mass is 32.2. The average Bonchev–Trinajstić information content (AvgIpc) is 2.27. The van der Waals surface area contributed by atoms with Crippen LogP contribution in [-0.2, 0) is 4.74 Å². The van der Waals surface area contributed by atoms with Crippen LogP contribution in [0.4, 0.5) is 0 Å². The van der Waals surface area contributed by atoms with E-state index in [9.17, 15) is 4.79 Å². The summed E-state index contributed by atoms with van der Waals surface area (Å²) in [5.41, 5.74) is 1.62. The predicted octanol–water partition coefficient (Wildman–Crippen LogP) is 1.96. The fraction of sp³-hybridized carbons (Fsp3) is 0.200. The molecule has 0 amide bonds. The van der Waals surface area contributed by atoms with E-state index < -0.39 is 0 Å². The van der Waals surface area contributed by atoms with Crippen LogP contribution in [0.25, 0.3) is 0 Å². The number of benzene rings is 1. The van der Waals surface area contributed by atoms with Crippen LogP contribution >= 0.6 is 11.8 Å². The zero-order valence-electron chi connectivity index (χ0n) is 7.69. The van der Waals surface area contributed by atoms with Crippen molar-refractivity contribution in [1.82, 2.24) is 0 Å². The summed E-state index contributed by atoms with van der Waals surface area (Å²) in [6, 6.07) is 5.55. The molecule has 0 saturated heterocycles. The number of rotatable bonds is 1. The second kappa shape index (κ2) is 3.84. The molecule has 0 atom stereocenters. The zero-order chi connectivity index (χ0) is 9.97. The number of thioether (sulfide) groups is 1. The number of fused-ring (bicyclic) bond motifs is 1. The predicted molar refractivity (Wildman–Crippen MR) is 56.1 cm³/mol. The Morgan fingerprint density at radius 3 is 3.21 bits per heavy atom. The maximum Gasteiger partial charge on any atom is 0.339 e. The van der Waals surface area contributed by atoms with Crippen LogP contribution in [0, 0.1) is 0 Å². The minimum absolute atomic E-state index is 0.287. The van der Waals surface area contributed by atoms with Gasteiger partial charge in [0.1, 0.15) is 0 Å². The normalized spacial score (nSPS) is 13.5. The number of aliphatic imine (C=N–C) groups is 1. The number of carbonyl (C=O) groups excluding carboxylic acids is 1. The standard InChI is InChI=1S/C10H9NO2S/c1-13-10(12)8-4-2-3-7-5-11-6-14-9(7)8/h2-5H,6H2,1H3. The van der Waals surface area contributed by atoms with Crippen molar-refractivity contribution < 1.29 is 9.53 Å². The third-order valence-corrected chi connectivity index (χ3v) is 2.99. The largest absolute Gasteiger partial charge is 0.465 e. The Morgan fingerprint density at radius 2 is 2.43 bits per heavy atom. The van der Waals surface area contributed by atoms with E-state index >= 15 is 0 Å². The molecule has 1 aliphatic rings. The highest BCUT2D eigenvalue weighted by Gasteiger charge is 2.16. The molecule has 0 aliphatic carbocycles. The minimum Gasteiger partial charge on any atom is -0.465 e. The van der Waals surface area contributed by atoms with Crippen LogP contribution in [0.2, 0.25) is 0 Å². The van der Waals surface area contributed by atoms with Gasteiger partial charge in [-0.15, -0.1) is 11.8 Å². The topological polar surface area (TPSA) is 38.7 Å². The van der Waals surface area contributed by atoms with Crippen molar-refractivity contribution in [3.05, 3.63) is 29.3 Å². The van der Waals surface area contributed by atoms with Gasteiger partial charge in [0.25, 0.3) is 0 Å². The number of hydrogen-bond acceptors (Lipinski definition) is 4. The second-order valence-electron chi connectivity index (χ2n) is 2.80. The lowest BCUT2D eigenvalue weighted by molar-refractivity contribution is 0.0597. The first kappa shape index (κ1) is 9.27. The summed E-state index contributed by atoms with van der Waals surface area (Å²) in [4.78, 5) is 16.5. The Balaban J connectivity index is 2.51. The Bertz CT molecular complexity index is 401. The van der Waals surface area contributed by atoms with Gasteiger partial charge >= 0.3 is 5.97 Å². The number of methoxy groups -OCH3 is 1. The molecule has 1 aromatic rings. The molecular formula is C10H9NO2S. The highest BCUT2D eigenvalue weighted by Crippen LogP contribution is 2.29. The molecule has 4 heteroatoms. The average molecular weight is 207 g/mol. The molecule has 0 unspecified atom stereocenters. The van der Waals surface area contributed by atoms with Crippen LogP contribution in [-0.4, -0.2) is 25.2 Å². The molecule has 0 spiro atoms. The van der Waals surface area contributed by atoms with Crippen molar-refractivity contribution >= 4 is 23.9 Å².